The van der Waals surface area contributed by atoms with Crippen molar-refractivity contribution in [2.24, 2.45) is 22.2 Å². The Morgan fingerprint density at radius 3 is 1.10 bits per heavy atom. The molecule has 0 aliphatic carbocycles. The Kier molecular flexibility index (Phi) is 7.78. The number of hydrogen-bond donors (Lipinski definition) is 0. The van der Waals surface area contributed by atoms with Gasteiger partial charge in [-0.2, -0.15) is 0 Å². The normalized spacial score (nSPS) is 39.2. The Balaban J connectivity index is 1.04. The van der Waals surface area contributed by atoms with Gasteiger partial charge in [0, 0.05) is 0 Å². The predicted molar refractivity (Wildman–Crippen MR) is 118 cm³/mol. The van der Waals surface area contributed by atoms with Gasteiger partial charge in [0.25, 0.3) is 19.4 Å². The summed E-state index contributed by atoms with van der Waals surface area (Å²) >= 11 is 0. The van der Waals surface area contributed by atoms with E-state index in [-0.39, 0.29) is 19.8 Å². The van der Waals surface area contributed by atoms with Crippen molar-refractivity contribution in [2.45, 2.75) is 32.3 Å². The molecule has 15 heteroatoms. The number of rotatable bonds is 11. The number of fused-ring (bicyclic) bond motifs is 9. The lowest BCUT2D eigenvalue weighted by atomic mass is 9.90. The first-order valence-corrected chi connectivity index (χ1v) is 12.9. The number of carbonyl (C=O) groups excluding carboxylic acids is 3. The van der Waals surface area contributed by atoms with E-state index in [1.165, 1.54) is 0 Å². The third kappa shape index (κ3) is 6.21. The third-order valence-electron chi connectivity index (χ3n) is 7.49. The molecule has 0 saturated carbocycles. The quantitative estimate of drug-likeness (QED) is 0.224. The van der Waals surface area contributed by atoms with Crippen molar-refractivity contribution >= 4 is 17.9 Å². The zero-order chi connectivity index (χ0) is 26.9. The van der Waals surface area contributed by atoms with Gasteiger partial charge in [0.1, 0.15) is 19.8 Å². The average molecular weight is 561 g/mol. The lowest BCUT2D eigenvalue weighted by Crippen LogP contribution is -2.55. The molecule has 0 aromatic rings. The number of hydrogen-bond acceptors (Lipinski definition) is 15. The number of esters is 3. The van der Waals surface area contributed by atoms with E-state index >= 15 is 0 Å². The molecular weight excluding hydrogens is 528 g/mol. The fourth-order valence-electron chi connectivity index (χ4n) is 4.95. The van der Waals surface area contributed by atoms with E-state index in [4.69, 9.17) is 56.8 Å². The van der Waals surface area contributed by atoms with E-state index in [0.717, 1.165) is 0 Å². The van der Waals surface area contributed by atoms with Crippen LogP contribution in [-0.2, 0) is 71.2 Å². The van der Waals surface area contributed by atoms with Crippen molar-refractivity contribution in [3.8, 4) is 0 Å². The van der Waals surface area contributed by atoms with Crippen molar-refractivity contribution < 1.29 is 71.2 Å². The highest BCUT2D eigenvalue weighted by molar-refractivity contribution is 5.84. The van der Waals surface area contributed by atoms with E-state index in [1.54, 1.807) is 0 Å². The molecule has 15 nitrogen and oxygen atoms in total. The van der Waals surface area contributed by atoms with Crippen LogP contribution in [0.5, 0.6) is 0 Å². The second kappa shape index (κ2) is 11.1. The topological polar surface area (TPSA) is 162 Å². The van der Waals surface area contributed by atoms with Gasteiger partial charge in [-0.1, -0.05) is 0 Å². The first-order valence-electron chi connectivity index (χ1n) is 12.9. The molecule has 9 aliphatic heterocycles. The Morgan fingerprint density at radius 1 is 0.513 bits per heavy atom. The van der Waals surface area contributed by atoms with Crippen LogP contribution in [0.15, 0.2) is 0 Å². The molecule has 0 N–H and O–H groups in total. The molecule has 0 amide bonds. The Labute approximate surface area is 223 Å². The SMILES string of the molecule is O=C(CC(CC(=O)OCC12COC(OC1)OC2)C(=O)OCC12COC(OC1)OC2)OCC12COC(OC1)OC2. The first-order chi connectivity index (χ1) is 18.8. The van der Waals surface area contributed by atoms with Crippen molar-refractivity contribution in [1.29, 1.82) is 0 Å². The van der Waals surface area contributed by atoms with E-state index in [1.807, 2.05) is 0 Å². The van der Waals surface area contributed by atoms with E-state index in [9.17, 15) is 14.4 Å². The lowest BCUT2D eigenvalue weighted by molar-refractivity contribution is -0.398. The zero-order valence-corrected chi connectivity index (χ0v) is 21.3. The second-order valence-electron chi connectivity index (χ2n) is 11.2. The summed E-state index contributed by atoms with van der Waals surface area (Å²) in [5.74, 6) is -3.26. The van der Waals surface area contributed by atoms with E-state index in [2.05, 4.69) is 0 Å². The average Bonchev–Trinajstić information content (AvgIpc) is 3.00. The van der Waals surface area contributed by atoms with Crippen molar-refractivity contribution in [3.05, 3.63) is 0 Å². The summed E-state index contributed by atoms with van der Waals surface area (Å²) in [4.78, 5) is 38.7. The van der Waals surface area contributed by atoms with Crippen LogP contribution in [-0.4, -0.2) is 117 Å². The maximum Gasteiger partial charge on any atom is 0.310 e. The van der Waals surface area contributed by atoms with Crippen molar-refractivity contribution in [3.63, 3.8) is 0 Å². The predicted octanol–water partition coefficient (Wildman–Crippen LogP) is -0.947. The van der Waals surface area contributed by atoms with Crippen LogP contribution < -0.4 is 0 Å². The van der Waals surface area contributed by atoms with Crippen molar-refractivity contribution in [2.75, 3.05) is 79.3 Å². The molecule has 9 rings (SSSR count). The molecule has 0 radical (unpaired) electrons. The fraction of sp³-hybridized carbons (Fsp3) is 0.875. The highest BCUT2D eigenvalue weighted by Crippen LogP contribution is 2.35. The highest BCUT2D eigenvalue weighted by Gasteiger charge is 2.47. The van der Waals surface area contributed by atoms with Gasteiger partial charge in [-0.3, -0.25) is 14.4 Å². The number of carbonyl (C=O) groups is 3. The molecule has 0 spiro atoms. The van der Waals surface area contributed by atoms with Gasteiger partial charge in [-0.05, 0) is 0 Å². The minimum atomic E-state index is -1.14. The van der Waals surface area contributed by atoms with Crippen LogP contribution in [0.1, 0.15) is 12.8 Å². The Morgan fingerprint density at radius 2 is 0.795 bits per heavy atom. The van der Waals surface area contributed by atoms with Crippen LogP contribution in [0.3, 0.4) is 0 Å². The fourth-order valence-corrected chi connectivity index (χ4v) is 4.95. The van der Waals surface area contributed by atoms with Gasteiger partial charge in [0.15, 0.2) is 0 Å². The number of ether oxygens (including phenoxy) is 12. The highest BCUT2D eigenvalue weighted by atomic mass is 16.9. The van der Waals surface area contributed by atoms with Crippen LogP contribution in [0, 0.1) is 22.2 Å². The maximum absolute atomic E-state index is 13.1. The summed E-state index contributed by atoms with van der Waals surface area (Å²) in [5, 5.41) is 0. The lowest BCUT2D eigenvalue weighted by Gasteiger charge is -2.44. The maximum atomic E-state index is 13.1. The molecule has 0 aromatic heterocycles. The van der Waals surface area contributed by atoms with Crippen LogP contribution >= 0.6 is 0 Å². The van der Waals surface area contributed by atoms with Crippen LogP contribution in [0.25, 0.3) is 0 Å². The second-order valence-corrected chi connectivity index (χ2v) is 11.2. The summed E-state index contributed by atoms with van der Waals surface area (Å²) < 4.78 is 64.8. The minimum Gasteiger partial charge on any atom is -0.465 e. The van der Waals surface area contributed by atoms with Gasteiger partial charge in [0.05, 0.1) is 94.5 Å². The van der Waals surface area contributed by atoms with Gasteiger partial charge in [-0.25, -0.2) is 0 Å². The Bertz CT molecular complexity index is 823. The molecule has 9 fully saturated rings. The summed E-state index contributed by atoms with van der Waals surface area (Å²) in [6.07, 6.45) is -0.786. The Hall–Kier alpha value is -1.95. The molecular formula is C24H32O15. The van der Waals surface area contributed by atoms with E-state index < -0.39 is 72.3 Å². The van der Waals surface area contributed by atoms with Gasteiger partial charge < -0.3 is 56.8 Å². The first kappa shape index (κ1) is 27.2. The van der Waals surface area contributed by atoms with Gasteiger partial charge in [0.2, 0.25) is 0 Å². The minimum absolute atomic E-state index is 0.0232. The molecule has 9 aliphatic rings. The van der Waals surface area contributed by atoms with Gasteiger partial charge in [-0.15, -0.1) is 0 Å². The van der Waals surface area contributed by atoms with Crippen LogP contribution in [0.4, 0.5) is 0 Å². The molecule has 39 heavy (non-hydrogen) atoms. The van der Waals surface area contributed by atoms with Crippen LogP contribution in [0.2, 0.25) is 0 Å². The smallest absolute Gasteiger partial charge is 0.310 e. The summed E-state index contributed by atoms with van der Waals surface area (Å²) in [5.41, 5.74) is -1.90. The molecule has 0 aromatic carbocycles. The summed E-state index contributed by atoms with van der Waals surface area (Å²) in [7, 11) is 0. The van der Waals surface area contributed by atoms with Gasteiger partial charge >= 0.3 is 17.9 Å². The largest absolute Gasteiger partial charge is 0.465 e. The summed E-state index contributed by atoms with van der Waals surface area (Å²) in [6, 6.07) is 0. The van der Waals surface area contributed by atoms with E-state index in [0.29, 0.717) is 59.5 Å². The molecule has 9 saturated heterocycles. The molecule has 0 atom stereocenters. The standard InChI is InChI=1S/C24H32O15/c25-16(28-3-22-6-31-19(32-7-22)33-8-22)1-15(18(27)30-5-24-12-37-21(38-13-24)39-14-24)2-17(26)29-4-23-9-34-20(35-10-23)36-11-23/h15,19-21H,1-14H2. The summed E-state index contributed by atoms with van der Waals surface area (Å²) in [6.45, 7) is 0.582. The molecule has 9 heterocycles. The monoisotopic (exact) mass is 560 g/mol. The third-order valence-corrected chi connectivity index (χ3v) is 7.49. The molecule has 0 unspecified atom stereocenters. The molecule has 6 bridgehead atoms. The molecule has 218 valence electrons. The van der Waals surface area contributed by atoms with Crippen molar-refractivity contribution in [1.82, 2.24) is 0 Å². The zero-order valence-electron chi connectivity index (χ0n) is 21.3.